The Balaban J connectivity index is 2.18. The maximum absolute atomic E-state index is 13.5. The largest absolute Gasteiger partial charge is 0.416 e. The van der Waals surface area contributed by atoms with Crippen LogP contribution in [0.1, 0.15) is 33.7 Å². The lowest BCUT2D eigenvalue weighted by molar-refractivity contribution is -0.144. The zero-order valence-electron chi connectivity index (χ0n) is 14.5. The van der Waals surface area contributed by atoms with Gasteiger partial charge in [-0.2, -0.15) is 26.3 Å². The number of hydrogen-bond acceptors (Lipinski definition) is 0. The van der Waals surface area contributed by atoms with Gasteiger partial charge in [0.25, 0.3) is 0 Å². The summed E-state index contributed by atoms with van der Waals surface area (Å²) in [5, 5.41) is 0. The summed E-state index contributed by atoms with van der Waals surface area (Å²) in [4.78, 5) is 0. The van der Waals surface area contributed by atoms with Crippen LogP contribution in [0.5, 0.6) is 0 Å². The van der Waals surface area contributed by atoms with E-state index in [0.717, 1.165) is 0 Å². The fourth-order valence-corrected chi connectivity index (χ4v) is 3.26. The summed E-state index contributed by atoms with van der Waals surface area (Å²) in [7, 11) is 0. The van der Waals surface area contributed by atoms with Gasteiger partial charge in [0.05, 0.1) is 11.1 Å². The number of halogens is 6. The molecule has 0 nitrogen and oxygen atoms in total. The minimum Gasteiger partial charge on any atom is -0.166 e. The van der Waals surface area contributed by atoms with Crippen LogP contribution in [0.25, 0.3) is 0 Å². The van der Waals surface area contributed by atoms with Crippen LogP contribution in [0.15, 0.2) is 72.8 Å². The quantitative estimate of drug-likeness (QED) is 0.423. The van der Waals surface area contributed by atoms with Crippen LogP contribution in [0.4, 0.5) is 26.3 Å². The van der Waals surface area contributed by atoms with E-state index in [4.69, 9.17) is 0 Å². The first-order valence-electron chi connectivity index (χ1n) is 8.45. The molecule has 0 heterocycles. The molecule has 0 aliphatic heterocycles. The average Bonchev–Trinajstić information content (AvgIpc) is 2.66. The second-order valence-electron chi connectivity index (χ2n) is 6.33. The molecule has 0 N–H and O–H groups in total. The molecule has 0 bridgehead atoms. The molecule has 6 heteroatoms. The van der Waals surface area contributed by atoms with Crippen LogP contribution in [0.2, 0.25) is 0 Å². The molecule has 0 aliphatic rings. The second kappa shape index (κ2) is 7.70. The summed E-state index contributed by atoms with van der Waals surface area (Å²) >= 11 is 0. The molecule has 0 saturated heterocycles. The Labute approximate surface area is 158 Å². The van der Waals surface area contributed by atoms with Gasteiger partial charge in [-0.15, -0.1) is 0 Å². The number of benzene rings is 3. The van der Waals surface area contributed by atoms with Crippen molar-refractivity contribution >= 4 is 0 Å². The third-order valence-corrected chi connectivity index (χ3v) is 4.53. The van der Waals surface area contributed by atoms with Crippen molar-refractivity contribution in [1.29, 1.82) is 0 Å². The summed E-state index contributed by atoms with van der Waals surface area (Å²) in [6.45, 7) is 0. The van der Waals surface area contributed by atoms with E-state index in [2.05, 4.69) is 0 Å². The second-order valence-corrected chi connectivity index (χ2v) is 6.33. The molecule has 0 amide bonds. The fourth-order valence-electron chi connectivity index (χ4n) is 3.26. The Morgan fingerprint density at radius 3 is 1.39 bits per heavy atom. The Kier molecular flexibility index (Phi) is 5.49. The molecule has 0 aliphatic carbocycles. The van der Waals surface area contributed by atoms with E-state index >= 15 is 0 Å². The highest BCUT2D eigenvalue weighted by Crippen LogP contribution is 2.42. The normalized spacial score (nSPS) is 12.4. The maximum Gasteiger partial charge on any atom is 0.416 e. The van der Waals surface area contributed by atoms with Crippen molar-refractivity contribution in [2.75, 3.05) is 0 Å². The molecule has 3 aromatic rings. The van der Waals surface area contributed by atoms with Gasteiger partial charge in [0.2, 0.25) is 0 Å². The van der Waals surface area contributed by atoms with E-state index in [1.807, 2.05) is 6.07 Å². The fraction of sp³-hybridized carbons (Fsp3) is 0.182. The Hall–Kier alpha value is -2.76. The molecular formula is C22H15F6. The summed E-state index contributed by atoms with van der Waals surface area (Å²) in [5.41, 5.74) is -2.10. The highest BCUT2D eigenvalue weighted by Gasteiger charge is 2.41. The lowest BCUT2D eigenvalue weighted by Gasteiger charge is -2.24. The van der Waals surface area contributed by atoms with E-state index in [0.29, 0.717) is 23.3 Å². The van der Waals surface area contributed by atoms with Crippen LogP contribution in [0, 0.1) is 6.07 Å². The standard InChI is InChI=1S/C22H15F6/c23-21(24,25)19-12-7-13-20(22(26,27)28)18(19)14-17(15-8-3-1-4-9-15)16-10-5-2-6-11-16/h1-6,8-13,17H,14H2. The first-order chi connectivity index (χ1) is 13.2. The number of rotatable bonds is 4. The topological polar surface area (TPSA) is 0 Å². The third kappa shape index (κ3) is 4.38. The molecule has 0 atom stereocenters. The van der Waals surface area contributed by atoms with E-state index in [-0.39, 0.29) is 0 Å². The molecule has 3 aromatic carbocycles. The minimum atomic E-state index is -4.91. The van der Waals surface area contributed by atoms with Crippen LogP contribution in [-0.4, -0.2) is 0 Å². The summed E-state index contributed by atoms with van der Waals surface area (Å²) in [6.07, 6.45) is -10.3. The monoisotopic (exact) mass is 393 g/mol. The Morgan fingerprint density at radius 1 is 0.643 bits per heavy atom. The number of hydrogen-bond donors (Lipinski definition) is 0. The van der Waals surface area contributed by atoms with Crippen molar-refractivity contribution in [3.05, 3.63) is 107 Å². The van der Waals surface area contributed by atoms with Crippen molar-refractivity contribution in [3.63, 3.8) is 0 Å². The van der Waals surface area contributed by atoms with Crippen LogP contribution in [-0.2, 0) is 18.8 Å². The van der Waals surface area contributed by atoms with Gasteiger partial charge >= 0.3 is 12.4 Å². The Morgan fingerprint density at radius 2 is 1.04 bits per heavy atom. The van der Waals surface area contributed by atoms with E-state index in [1.165, 1.54) is 0 Å². The zero-order valence-corrected chi connectivity index (χ0v) is 14.5. The zero-order chi connectivity index (χ0) is 20.4. The van der Waals surface area contributed by atoms with Crippen molar-refractivity contribution in [2.45, 2.75) is 24.7 Å². The average molecular weight is 393 g/mol. The predicted octanol–water partition coefficient (Wildman–Crippen LogP) is 6.90. The van der Waals surface area contributed by atoms with Gasteiger partial charge in [-0.25, -0.2) is 0 Å². The molecule has 0 spiro atoms. The van der Waals surface area contributed by atoms with Gasteiger partial charge in [-0.05, 0) is 41.3 Å². The molecular weight excluding hydrogens is 378 g/mol. The van der Waals surface area contributed by atoms with E-state index in [9.17, 15) is 26.3 Å². The van der Waals surface area contributed by atoms with Gasteiger partial charge in [-0.1, -0.05) is 60.7 Å². The van der Waals surface area contributed by atoms with E-state index in [1.54, 1.807) is 60.7 Å². The minimum absolute atomic E-state index is 0.438. The van der Waals surface area contributed by atoms with Crippen LogP contribution < -0.4 is 0 Å². The van der Waals surface area contributed by atoms with Gasteiger partial charge in [-0.3, -0.25) is 0 Å². The van der Waals surface area contributed by atoms with Gasteiger partial charge in [0.1, 0.15) is 0 Å². The van der Waals surface area contributed by atoms with Gasteiger partial charge in [0.15, 0.2) is 0 Å². The van der Waals surface area contributed by atoms with Crippen molar-refractivity contribution < 1.29 is 26.3 Å². The molecule has 1 radical (unpaired) electrons. The SMILES string of the molecule is FC(F)(F)c1c[c]cc(C(F)(F)F)c1CC(c1ccccc1)c1ccccc1. The molecule has 0 fully saturated rings. The molecule has 0 aromatic heterocycles. The predicted molar refractivity (Wildman–Crippen MR) is 93.7 cm³/mol. The van der Waals surface area contributed by atoms with Crippen molar-refractivity contribution in [1.82, 2.24) is 0 Å². The molecule has 145 valence electrons. The smallest absolute Gasteiger partial charge is 0.166 e. The Bertz CT molecular complexity index is 840. The molecule has 3 rings (SSSR count). The molecule has 0 unspecified atom stereocenters. The maximum atomic E-state index is 13.5. The first kappa shape index (κ1) is 20.0. The summed E-state index contributed by atoms with van der Waals surface area (Å²) < 4.78 is 80.9. The lowest BCUT2D eigenvalue weighted by Crippen LogP contribution is -2.19. The molecule has 28 heavy (non-hydrogen) atoms. The van der Waals surface area contributed by atoms with E-state index < -0.39 is 41.4 Å². The number of alkyl halides is 6. The van der Waals surface area contributed by atoms with Crippen molar-refractivity contribution in [3.8, 4) is 0 Å². The molecule has 0 saturated carbocycles. The van der Waals surface area contributed by atoms with Gasteiger partial charge in [0, 0.05) is 5.92 Å². The van der Waals surface area contributed by atoms with Gasteiger partial charge < -0.3 is 0 Å². The van der Waals surface area contributed by atoms with Crippen LogP contribution >= 0.6 is 0 Å². The summed E-state index contributed by atoms with van der Waals surface area (Å²) in [5.74, 6) is -0.660. The highest BCUT2D eigenvalue weighted by molar-refractivity contribution is 5.43. The van der Waals surface area contributed by atoms with Crippen LogP contribution in [0.3, 0.4) is 0 Å². The third-order valence-electron chi connectivity index (χ3n) is 4.53. The highest BCUT2D eigenvalue weighted by atomic mass is 19.4. The summed E-state index contributed by atoms with van der Waals surface area (Å²) in [6, 6.07) is 20.3. The first-order valence-corrected chi connectivity index (χ1v) is 8.45. The van der Waals surface area contributed by atoms with Crippen molar-refractivity contribution in [2.24, 2.45) is 0 Å². The lowest BCUT2D eigenvalue weighted by atomic mass is 9.83.